The van der Waals surface area contributed by atoms with Gasteiger partial charge in [0.2, 0.25) is 0 Å². The summed E-state index contributed by atoms with van der Waals surface area (Å²) in [5.41, 5.74) is 5.14. The first-order valence-electron chi connectivity index (χ1n) is 7.27. The van der Waals surface area contributed by atoms with E-state index >= 15 is 0 Å². The molecular formula is C19H19NO. The van der Waals surface area contributed by atoms with Crippen molar-refractivity contribution in [1.29, 1.82) is 0 Å². The van der Waals surface area contributed by atoms with Gasteiger partial charge in [-0.25, -0.2) is 0 Å². The average molecular weight is 277 g/mol. The SMILES string of the molecule is CC(C)c1ccc(/C=C2/C(=O)N(C)c3ccccc32)cc1. The Morgan fingerprint density at radius 2 is 1.67 bits per heavy atom. The fourth-order valence-corrected chi connectivity index (χ4v) is 2.68. The van der Waals surface area contributed by atoms with Gasteiger partial charge in [-0.05, 0) is 29.2 Å². The summed E-state index contributed by atoms with van der Waals surface area (Å²) in [5.74, 6) is 0.579. The number of carbonyl (C=O) groups is 1. The molecule has 2 heteroatoms. The van der Waals surface area contributed by atoms with Crippen LogP contribution in [0.5, 0.6) is 0 Å². The largest absolute Gasteiger partial charge is 0.311 e. The van der Waals surface area contributed by atoms with Crippen LogP contribution in [0.3, 0.4) is 0 Å². The molecule has 0 aromatic heterocycles. The third kappa shape index (κ3) is 2.38. The Hall–Kier alpha value is -2.35. The number of nitrogens with zero attached hydrogens (tertiary/aromatic N) is 1. The molecule has 1 aliphatic heterocycles. The lowest BCUT2D eigenvalue weighted by Gasteiger charge is -2.08. The lowest BCUT2D eigenvalue weighted by molar-refractivity contribution is -0.112. The van der Waals surface area contributed by atoms with Crippen LogP contribution in [0, 0.1) is 0 Å². The van der Waals surface area contributed by atoms with Crippen molar-refractivity contribution in [2.45, 2.75) is 19.8 Å². The molecule has 2 nitrogen and oxygen atoms in total. The topological polar surface area (TPSA) is 20.3 Å². The predicted octanol–water partition coefficient (Wildman–Crippen LogP) is 4.33. The molecule has 0 saturated carbocycles. The predicted molar refractivity (Wildman–Crippen MR) is 88.3 cm³/mol. The maximum atomic E-state index is 12.4. The molecule has 106 valence electrons. The van der Waals surface area contributed by atoms with E-state index in [-0.39, 0.29) is 5.91 Å². The van der Waals surface area contributed by atoms with E-state index in [1.807, 2.05) is 37.4 Å². The number of rotatable bonds is 2. The molecule has 2 aromatic rings. The zero-order chi connectivity index (χ0) is 15.0. The average Bonchev–Trinajstić information content (AvgIpc) is 2.73. The summed E-state index contributed by atoms with van der Waals surface area (Å²) in [6.45, 7) is 4.36. The summed E-state index contributed by atoms with van der Waals surface area (Å²) in [5, 5.41) is 0. The lowest BCUT2D eigenvalue weighted by atomic mass is 9.99. The second-order valence-corrected chi connectivity index (χ2v) is 5.76. The van der Waals surface area contributed by atoms with Crippen LogP contribution in [0.15, 0.2) is 48.5 Å². The molecule has 21 heavy (non-hydrogen) atoms. The summed E-state index contributed by atoms with van der Waals surface area (Å²) in [4.78, 5) is 14.1. The molecule has 1 amide bonds. The Kier molecular flexibility index (Phi) is 3.38. The number of hydrogen-bond donors (Lipinski definition) is 0. The molecule has 0 saturated heterocycles. The smallest absolute Gasteiger partial charge is 0.258 e. The molecule has 0 atom stereocenters. The number of amides is 1. The van der Waals surface area contributed by atoms with Gasteiger partial charge in [-0.2, -0.15) is 0 Å². The Labute approximate surface area is 125 Å². The normalized spacial score (nSPS) is 15.9. The Morgan fingerprint density at radius 1 is 1.00 bits per heavy atom. The summed E-state index contributed by atoms with van der Waals surface area (Å²) in [6, 6.07) is 16.3. The van der Waals surface area contributed by atoms with Crippen molar-refractivity contribution in [2.75, 3.05) is 11.9 Å². The van der Waals surface area contributed by atoms with E-state index in [4.69, 9.17) is 0 Å². The molecule has 0 spiro atoms. The van der Waals surface area contributed by atoms with Crippen LogP contribution in [-0.4, -0.2) is 13.0 Å². The standard InChI is InChI=1S/C19H19NO/c1-13(2)15-10-8-14(9-11-15)12-17-16-6-4-5-7-18(16)20(3)19(17)21/h4-13H,1-3H3/b17-12+. The van der Waals surface area contributed by atoms with Crippen molar-refractivity contribution < 1.29 is 4.79 Å². The van der Waals surface area contributed by atoms with Crippen molar-refractivity contribution in [1.82, 2.24) is 0 Å². The minimum absolute atomic E-state index is 0.0594. The lowest BCUT2D eigenvalue weighted by Crippen LogP contribution is -2.20. The quantitative estimate of drug-likeness (QED) is 0.748. The number of para-hydroxylation sites is 1. The Balaban J connectivity index is 2.02. The molecule has 0 unspecified atom stereocenters. The van der Waals surface area contributed by atoms with Crippen LogP contribution in [0.25, 0.3) is 11.6 Å². The van der Waals surface area contributed by atoms with Crippen LogP contribution >= 0.6 is 0 Å². The fourth-order valence-electron chi connectivity index (χ4n) is 2.68. The minimum atomic E-state index is 0.0594. The number of hydrogen-bond acceptors (Lipinski definition) is 1. The van der Waals surface area contributed by atoms with Crippen LogP contribution < -0.4 is 4.90 Å². The molecule has 0 bridgehead atoms. The van der Waals surface area contributed by atoms with E-state index in [1.165, 1.54) is 5.56 Å². The maximum absolute atomic E-state index is 12.4. The number of carbonyl (C=O) groups excluding carboxylic acids is 1. The second kappa shape index (κ2) is 5.21. The van der Waals surface area contributed by atoms with Gasteiger partial charge < -0.3 is 4.90 Å². The summed E-state index contributed by atoms with van der Waals surface area (Å²) in [7, 11) is 1.82. The van der Waals surface area contributed by atoms with Crippen LogP contribution in [0.2, 0.25) is 0 Å². The van der Waals surface area contributed by atoms with Gasteiger partial charge in [0, 0.05) is 18.2 Å². The molecule has 2 aromatic carbocycles. The van der Waals surface area contributed by atoms with E-state index in [0.29, 0.717) is 5.92 Å². The van der Waals surface area contributed by atoms with Crippen LogP contribution in [0.1, 0.15) is 36.5 Å². The van der Waals surface area contributed by atoms with Crippen LogP contribution in [0.4, 0.5) is 5.69 Å². The number of fused-ring (bicyclic) bond motifs is 1. The summed E-state index contributed by atoms with van der Waals surface area (Å²) in [6.07, 6.45) is 1.98. The third-order valence-corrected chi connectivity index (χ3v) is 4.00. The first kappa shape index (κ1) is 13.6. The van der Waals surface area contributed by atoms with Gasteiger partial charge in [-0.15, -0.1) is 0 Å². The molecular weight excluding hydrogens is 258 g/mol. The molecule has 1 aliphatic rings. The fraction of sp³-hybridized carbons (Fsp3) is 0.211. The van der Waals surface area contributed by atoms with Gasteiger partial charge in [-0.3, -0.25) is 4.79 Å². The van der Waals surface area contributed by atoms with Crippen molar-refractivity contribution in [2.24, 2.45) is 0 Å². The monoisotopic (exact) mass is 277 g/mol. The van der Waals surface area contributed by atoms with E-state index in [9.17, 15) is 4.79 Å². The third-order valence-electron chi connectivity index (χ3n) is 4.00. The first-order chi connectivity index (χ1) is 10.1. The highest BCUT2D eigenvalue weighted by atomic mass is 16.2. The zero-order valence-corrected chi connectivity index (χ0v) is 12.6. The summed E-state index contributed by atoms with van der Waals surface area (Å²) < 4.78 is 0. The van der Waals surface area contributed by atoms with E-state index in [2.05, 4.69) is 38.1 Å². The summed E-state index contributed by atoms with van der Waals surface area (Å²) >= 11 is 0. The Morgan fingerprint density at radius 3 is 2.33 bits per heavy atom. The highest BCUT2D eigenvalue weighted by molar-refractivity contribution is 6.35. The molecule has 0 N–H and O–H groups in total. The minimum Gasteiger partial charge on any atom is -0.311 e. The highest BCUT2D eigenvalue weighted by Gasteiger charge is 2.28. The zero-order valence-electron chi connectivity index (χ0n) is 12.6. The van der Waals surface area contributed by atoms with E-state index < -0.39 is 0 Å². The second-order valence-electron chi connectivity index (χ2n) is 5.76. The molecule has 1 heterocycles. The maximum Gasteiger partial charge on any atom is 0.258 e. The van der Waals surface area contributed by atoms with Gasteiger partial charge in [0.05, 0.1) is 5.69 Å². The Bertz CT molecular complexity index is 711. The van der Waals surface area contributed by atoms with E-state index in [0.717, 1.165) is 22.4 Å². The number of likely N-dealkylation sites (N-methyl/N-ethyl adjacent to an activating group) is 1. The molecule has 0 radical (unpaired) electrons. The van der Waals surface area contributed by atoms with E-state index in [1.54, 1.807) is 4.90 Å². The van der Waals surface area contributed by atoms with Gasteiger partial charge in [0.15, 0.2) is 0 Å². The van der Waals surface area contributed by atoms with Gasteiger partial charge in [0.1, 0.15) is 0 Å². The molecule has 0 aliphatic carbocycles. The van der Waals surface area contributed by atoms with Crippen molar-refractivity contribution in [3.63, 3.8) is 0 Å². The number of anilines is 1. The highest BCUT2D eigenvalue weighted by Crippen LogP contribution is 2.36. The van der Waals surface area contributed by atoms with Gasteiger partial charge in [0.25, 0.3) is 5.91 Å². The molecule has 0 fully saturated rings. The van der Waals surface area contributed by atoms with Crippen molar-refractivity contribution in [3.05, 3.63) is 65.2 Å². The van der Waals surface area contributed by atoms with Crippen LogP contribution in [-0.2, 0) is 4.79 Å². The van der Waals surface area contributed by atoms with Gasteiger partial charge >= 0.3 is 0 Å². The number of benzene rings is 2. The molecule has 3 rings (SSSR count). The van der Waals surface area contributed by atoms with Crippen molar-refractivity contribution in [3.8, 4) is 0 Å². The van der Waals surface area contributed by atoms with Crippen molar-refractivity contribution >= 4 is 23.2 Å². The first-order valence-corrected chi connectivity index (χ1v) is 7.27. The van der Waals surface area contributed by atoms with Gasteiger partial charge in [-0.1, -0.05) is 56.3 Å².